The summed E-state index contributed by atoms with van der Waals surface area (Å²) in [6, 6.07) is 0. The number of unbranched alkanes of at least 4 members (excludes halogenated alkanes) is 17. The van der Waals surface area contributed by atoms with E-state index in [0.717, 1.165) is 96.3 Å². The number of hydrogen-bond donors (Lipinski definition) is 0. The Morgan fingerprint density at radius 1 is 0.383 bits per heavy atom. The molecule has 60 heavy (non-hydrogen) atoms. The first kappa shape index (κ1) is 56.8. The van der Waals surface area contributed by atoms with Gasteiger partial charge in [0.25, 0.3) is 0 Å². The molecule has 342 valence electrons. The number of carbonyl (C=O) groups excluding carboxylic acids is 2. The lowest BCUT2D eigenvalue weighted by molar-refractivity contribution is -0.163. The van der Waals surface area contributed by atoms with E-state index in [2.05, 4.69) is 118 Å². The van der Waals surface area contributed by atoms with Crippen LogP contribution in [0.25, 0.3) is 0 Å². The van der Waals surface area contributed by atoms with Gasteiger partial charge in [-0.2, -0.15) is 0 Å². The highest BCUT2D eigenvalue weighted by Crippen LogP contribution is 2.13. The largest absolute Gasteiger partial charge is 0.462 e. The van der Waals surface area contributed by atoms with Crippen molar-refractivity contribution in [2.24, 2.45) is 0 Å². The van der Waals surface area contributed by atoms with Crippen LogP contribution < -0.4 is 0 Å². The average Bonchev–Trinajstić information content (AvgIpc) is 3.25. The first-order valence-corrected chi connectivity index (χ1v) is 24.8. The Labute approximate surface area is 371 Å². The second kappa shape index (κ2) is 50.2. The zero-order chi connectivity index (χ0) is 43.5. The molecule has 0 saturated heterocycles. The van der Waals surface area contributed by atoms with E-state index in [0.29, 0.717) is 19.4 Å². The van der Waals surface area contributed by atoms with E-state index in [1.165, 1.54) is 83.5 Å². The SMILES string of the molecule is CC/C=C\C/C=C\C/C=C\C/C=C\C/C=C\CCCC(=O)OCC(COCCCCCCCC/C=C\C/C=C\C/C=C\CC)OC(=O)CCCCCCCCCCCCC. The Balaban J connectivity index is 4.37. The summed E-state index contributed by atoms with van der Waals surface area (Å²) in [6.07, 6.45) is 67.0. The molecule has 0 aromatic heterocycles. The maximum absolute atomic E-state index is 12.7. The molecule has 1 unspecified atom stereocenters. The monoisotopic (exact) mass is 833 g/mol. The Hall–Kier alpha value is -3.18. The summed E-state index contributed by atoms with van der Waals surface area (Å²) in [4.78, 5) is 25.3. The maximum Gasteiger partial charge on any atom is 0.306 e. The minimum absolute atomic E-state index is 0.0472. The van der Waals surface area contributed by atoms with E-state index in [-0.39, 0.29) is 25.2 Å². The lowest BCUT2D eigenvalue weighted by atomic mass is 10.1. The fourth-order valence-corrected chi connectivity index (χ4v) is 6.50. The van der Waals surface area contributed by atoms with E-state index in [9.17, 15) is 9.59 Å². The molecule has 5 heteroatoms. The predicted molar refractivity (Wildman–Crippen MR) is 260 cm³/mol. The van der Waals surface area contributed by atoms with E-state index >= 15 is 0 Å². The van der Waals surface area contributed by atoms with Crippen LogP contribution in [-0.4, -0.2) is 37.9 Å². The molecule has 0 amide bonds. The molecule has 0 saturated carbocycles. The van der Waals surface area contributed by atoms with Gasteiger partial charge >= 0.3 is 11.9 Å². The van der Waals surface area contributed by atoms with Crippen molar-refractivity contribution in [3.63, 3.8) is 0 Å². The van der Waals surface area contributed by atoms with Crippen molar-refractivity contribution in [3.8, 4) is 0 Å². The van der Waals surface area contributed by atoms with Crippen molar-refractivity contribution >= 4 is 11.9 Å². The topological polar surface area (TPSA) is 61.8 Å². The summed E-state index contributed by atoms with van der Waals surface area (Å²) in [5.74, 6) is -0.475. The zero-order valence-electron chi connectivity index (χ0n) is 39.2. The Bertz CT molecular complexity index is 1170. The molecule has 0 rings (SSSR count). The van der Waals surface area contributed by atoms with Gasteiger partial charge in [-0.05, 0) is 89.9 Å². The molecule has 5 nitrogen and oxygen atoms in total. The molecule has 1 atom stereocenters. The number of carbonyl (C=O) groups is 2. The smallest absolute Gasteiger partial charge is 0.306 e. The molecule has 0 N–H and O–H groups in total. The van der Waals surface area contributed by atoms with Crippen molar-refractivity contribution in [1.82, 2.24) is 0 Å². The Morgan fingerprint density at radius 2 is 0.767 bits per heavy atom. The van der Waals surface area contributed by atoms with Gasteiger partial charge in [-0.25, -0.2) is 0 Å². The number of allylic oxidation sites excluding steroid dienone is 16. The van der Waals surface area contributed by atoms with Crippen LogP contribution in [0.5, 0.6) is 0 Å². The molecule has 0 bridgehead atoms. The summed E-state index contributed by atoms with van der Waals surface area (Å²) >= 11 is 0. The Kier molecular flexibility index (Phi) is 47.5. The van der Waals surface area contributed by atoms with Crippen LogP contribution in [0.4, 0.5) is 0 Å². The van der Waals surface area contributed by atoms with Gasteiger partial charge in [0.1, 0.15) is 6.61 Å². The van der Waals surface area contributed by atoms with Gasteiger partial charge in [0.05, 0.1) is 6.61 Å². The first-order chi connectivity index (χ1) is 29.6. The number of rotatable bonds is 44. The zero-order valence-corrected chi connectivity index (χ0v) is 39.2. The van der Waals surface area contributed by atoms with Crippen LogP contribution in [-0.2, 0) is 23.8 Å². The van der Waals surface area contributed by atoms with E-state index in [1.807, 2.05) is 0 Å². The van der Waals surface area contributed by atoms with Gasteiger partial charge in [0, 0.05) is 19.4 Å². The molecular weight excluding hydrogens is 741 g/mol. The minimum Gasteiger partial charge on any atom is -0.462 e. The summed E-state index contributed by atoms with van der Waals surface area (Å²) in [5.41, 5.74) is 0. The molecular formula is C55H92O5. The van der Waals surface area contributed by atoms with Gasteiger partial charge in [-0.1, -0.05) is 208 Å². The highest BCUT2D eigenvalue weighted by Gasteiger charge is 2.17. The quantitative estimate of drug-likeness (QED) is 0.0348. The summed E-state index contributed by atoms with van der Waals surface area (Å²) in [7, 11) is 0. The molecule has 0 fully saturated rings. The minimum atomic E-state index is -0.568. The second-order valence-corrected chi connectivity index (χ2v) is 16.0. The van der Waals surface area contributed by atoms with Crippen molar-refractivity contribution in [2.75, 3.05) is 19.8 Å². The van der Waals surface area contributed by atoms with E-state index < -0.39 is 6.10 Å². The number of hydrogen-bond acceptors (Lipinski definition) is 5. The Morgan fingerprint density at radius 3 is 1.25 bits per heavy atom. The van der Waals surface area contributed by atoms with Crippen molar-refractivity contribution in [2.45, 2.75) is 219 Å². The van der Waals surface area contributed by atoms with Gasteiger partial charge in [-0.3, -0.25) is 9.59 Å². The van der Waals surface area contributed by atoms with Gasteiger partial charge in [-0.15, -0.1) is 0 Å². The van der Waals surface area contributed by atoms with Crippen molar-refractivity contribution < 1.29 is 23.8 Å². The van der Waals surface area contributed by atoms with Crippen LogP contribution >= 0.6 is 0 Å². The highest BCUT2D eigenvalue weighted by atomic mass is 16.6. The van der Waals surface area contributed by atoms with E-state index in [4.69, 9.17) is 14.2 Å². The molecule has 0 spiro atoms. The van der Waals surface area contributed by atoms with Crippen LogP contribution in [0.3, 0.4) is 0 Å². The fourth-order valence-electron chi connectivity index (χ4n) is 6.50. The van der Waals surface area contributed by atoms with Crippen molar-refractivity contribution in [1.29, 1.82) is 0 Å². The van der Waals surface area contributed by atoms with Crippen LogP contribution in [0.15, 0.2) is 97.2 Å². The molecule has 0 aliphatic rings. The summed E-state index contributed by atoms with van der Waals surface area (Å²) < 4.78 is 17.3. The normalized spacial score (nSPS) is 13.1. The summed E-state index contributed by atoms with van der Waals surface area (Å²) in [5, 5.41) is 0. The molecule has 0 aliphatic carbocycles. The standard InChI is InChI=1S/C55H92O5/c1-4-7-10-13-16-19-22-24-26-28-29-31-34-36-39-42-45-48-54(56)59-52-53(60-55(57)49-46-43-40-37-33-21-18-15-12-9-6-3)51-58-50-47-44-41-38-35-32-30-27-25-23-20-17-14-11-8-5-2/h7-8,10-11,16-17,19-20,24-27,29,31,36,39,53H,4-6,9,12-15,18,21-23,28,30,32-35,37-38,40-52H2,1-3H3/b10-7-,11-8-,19-16-,20-17-,26-24-,27-25-,31-29-,39-36-. The number of ether oxygens (including phenoxy) is 3. The van der Waals surface area contributed by atoms with Gasteiger partial charge < -0.3 is 14.2 Å². The molecule has 0 aliphatic heterocycles. The molecule has 0 heterocycles. The molecule has 0 radical (unpaired) electrons. The van der Waals surface area contributed by atoms with Gasteiger partial charge in [0.2, 0.25) is 0 Å². The molecule has 0 aromatic rings. The van der Waals surface area contributed by atoms with E-state index in [1.54, 1.807) is 0 Å². The number of esters is 2. The van der Waals surface area contributed by atoms with Crippen LogP contribution in [0.1, 0.15) is 213 Å². The average molecular weight is 833 g/mol. The maximum atomic E-state index is 12.7. The van der Waals surface area contributed by atoms with Gasteiger partial charge in [0.15, 0.2) is 6.10 Å². The summed E-state index contributed by atoms with van der Waals surface area (Å²) in [6.45, 7) is 7.50. The third kappa shape index (κ3) is 47.5. The lowest BCUT2D eigenvalue weighted by Gasteiger charge is -2.18. The third-order valence-electron chi connectivity index (χ3n) is 10.1. The fraction of sp³-hybridized carbons (Fsp3) is 0.673. The molecule has 0 aromatic carbocycles. The van der Waals surface area contributed by atoms with Crippen molar-refractivity contribution in [3.05, 3.63) is 97.2 Å². The van der Waals surface area contributed by atoms with Crippen LogP contribution in [0, 0.1) is 0 Å². The predicted octanol–water partition coefficient (Wildman–Crippen LogP) is 16.7. The highest BCUT2D eigenvalue weighted by molar-refractivity contribution is 5.70. The lowest BCUT2D eigenvalue weighted by Crippen LogP contribution is -2.30. The first-order valence-electron chi connectivity index (χ1n) is 24.8. The second-order valence-electron chi connectivity index (χ2n) is 16.0. The third-order valence-corrected chi connectivity index (χ3v) is 10.1. The van der Waals surface area contributed by atoms with Crippen LogP contribution in [0.2, 0.25) is 0 Å².